The van der Waals surface area contributed by atoms with Crippen molar-refractivity contribution in [1.29, 1.82) is 0 Å². The third-order valence-electron chi connectivity index (χ3n) is 1.66. The monoisotopic (exact) mass is 244 g/mol. The Labute approximate surface area is 96.6 Å². The van der Waals surface area contributed by atoms with Crippen molar-refractivity contribution < 1.29 is 33.7 Å². The molecule has 7 nitrogen and oxygen atoms in total. The van der Waals surface area contributed by atoms with E-state index in [2.05, 4.69) is 9.47 Å². The lowest BCUT2D eigenvalue weighted by atomic mass is 10.4. The second-order valence-corrected chi connectivity index (χ2v) is 2.88. The molecule has 17 heavy (non-hydrogen) atoms. The van der Waals surface area contributed by atoms with Gasteiger partial charge in [0.15, 0.2) is 0 Å². The molecule has 0 saturated heterocycles. The van der Waals surface area contributed by atoms with Crippen LogP contribution in [0.1, 0.15) is 21.1 Å². The van der Waals surface area contributed by atoms with Gasteiger partial charge in [-0.3, -0.25) is 0 Å². The highest BCUT2D eigenvalue weighted by Crippen LogP contribution is 2.10. The predicted octanol–water partition coefficient (Wildman–Crippen LogP) is -0.422. The average Bonchev–Trinajstić information content (AvgIpc) is 2.82. The smallest absolute Gasteiger partial charge is 0.374 e. The highest BCUT2D eigenvalue weighted by atomic mass is 16.6. The maximum atomic E-state index is 11.2. The normalized spacial score (nSPS) is 10.0. The van der Waals surface area contributed by atoms with Gasteiger partial charge < -0.3 is 24.1 Å². The Morgan fingerprint density at radius 1 is 1.00 bits per heavy atom. The van der Waals surface area contributed by atoms with Gasteiger partial charge in [0.25, 0.3) is 0 Å². The first-order valence-electron chi connectivity index (χ1n) is 4.85. The van der Waals surface area contributed by atoms with Crippen LogP contribution < -0.4 is 0 Å². The molecular formula is C10H12O7. The fourth-order valence-electron chi connectivity index (χ4n) is 0.976. The van der Waals surface area contributed by atoms with Gasteiger partial charge in [0, 0.05) is 0 Å². The molecule has 0 saturated carbocycles. The summed E-state index contributed by atoms with van der Waals surface area (Å²) in [6.45, 7) is -0.886. The SMILES string of the molecule is O=C(OCCO)c1ccc(C(=O)OCCO)o1. The molecular weight excluding hydrogens is 232 g/mol. The van der Waals surface area contributed by atoms with Crippen molar-refractivity contribution in [3.63, 3.8) is 0 Å². The van der Waals surface area contributed by atoms with Gasteiger partial charge in [-0.15, -0.1) is 0 Å². The Bertz CT molecular complexity index is 347. The van der Waals surface area contributed by atoms with Crippen LogP contribution >= 0.6 is 0 Å². The lowest BCUT2D eigenvalue weighted by Gasteiger charge is -2.00. The van der Waals surface area contributed by atoms with E-state index in [4.69, 9.17) is 14.6 Å². The van der Waals surface area contributed by atoms with Gasteiger partial charge >= 0.3 is 11.9 Å². The third-order valence-corrected chi connectivity index (χ3v) is 1.66. The molecule has 0 bridgehead atoms. The molecule has 7 heteroatoms. The third kappa shape index (κ3) is 3.89. The molecule has 1 heterocycles. The maximum Gasteiger partial charge on any atom is 0.374 e. The first-order valence-corrected chi connectivity index (χ1v) is 4.85. The number of hydrogen-bond acceptors (Lipinski definition) is 7. The summed E-state index contributed by atoms with van der Waals surface area (Å²) < 4.78 is 14.0. The minimum atomic E-state index is -0.778. The second kappa shape index (κ2) is 6.66. The number of carbonyl (C=O) groups is 2. The van der Waals surface area contributed by atoms with Crippen molar-refractivity contribution in [3.8, 4) is 0 Å². The van der Waals surface area contributed by atoms with Gasteiger partial charge in [0.1, 0.15) is 13.2 Å². The van der Waals surface area contributed by atoms with Crippen LogP contribution in [0.3, 0.4) is 0 Å². The molecule has 0 amide bonds. The summed E-state index contributed by atoms with van der Waals surface area (Å²) in [5.74, 6) is -1.87. The van der Waals surface area contributed by atoms with Crippen molar-refractivity contribution in [1.82, 2.24) is 0 Å². The number of esters is 2. The molecule has 0 aromatic carbocycles. The van der Waals surface area contributed by atoms with E-state index in [1.54, 1.807) is 0 Å². The Morgan fingerprint density at radius 3 is 1.76 bits per heavy atom. The summed E-state index contributed by atoms with van der Waals surface area (Å²) in [6.07, 6.45) is 0. The highest BCUT2D eigenvalue weighted by molar-refractivity contribution is 5.90. The lowest BCUT2D eigenvalue weighted by molar-refractivity contribution is 0.0363. The zero-order valence-electron chi connectivity index (χ0n) is 8.92. The van der Waals surface area contributed by atoms with Crippen LogP contribution in [-0.2, 0) is 9.47 Å². The number of ether oxygens (including phenoxy) is 2. The largest absolute Gasteiger partial charge is 0.457 e. The molecule has 1 rings (SSSR count). The highest BCUT2D eigenvalue weighted by Gasteiger charge is 2.17. The van der Waals surface area contributed by atoms with E-state index in [0.29, 0.717) is 0 Å². The van der Waals surface area contributed by atoms with Crippen molar-refractivity contribution in [2.75, 3.05) is 26.4 Å². The molecule has 0 spiro atoms. The molecule has 0 unspecified atom stereocenters. The van der Waals surface area contributed by atoms with Crippen LogP contribution in [0.2, 0.25) is 0 Å². The van der Waals surface area contributed by atoms with Crippen molar-refractivity contribution in [2.45, 2.75) is 0 Å². The van der Waals surface area contributed by atoms with Gasteiger partial charge in [-0.2, -0.15) is 0 Å². The lowest BCUT2D eigenvalue weighted by Crippen LogP contribution is -2.09. The van der Waals surface area contributed by atoms with E-state index in [-0.39, 0.29) is 37.9 Å². The zero-order chi connectivity index (χ0) is 12.7. The molecule has 1 aromatic heterocycles. The Hall–Kier alpha value is -1.86. The van der Waals surface area contributed by atoms with Crippen LogP contribution in [0.4, 0.5) is 0 Å². The van der Waals surface area contributed by atoms with Crippen LogP contribution in [0.5, 0.6) is 0 Å². The van der Waals surface area contributed by atoms with Gasteiger partial charge in [-0.05, 0) is 12.1 Å². The summed E-state index contributed by atoms with van der Waals surface area (Å²) >= 11 is 0. The Balaban J connectivity index is 2.58. The van der Waals surface area contributed by atoms with E-state index in [0.717, 1.165) is 0 Å². The molecule has 0 fully saturated rings. The molecule has 0 aliphatic carbocycles. The summed E-state index contributed by atoms with van der Waals surface area (Å²) in [5, 5.41) is 16.9. The fraction of sp³-hybridized carbons (Fsp3) is 0.400. The molecule has 94 valence electrons. The summed E-state index contributed by atoms with van der Waals surface area (Å²) in [5.41, 5.74) is 0. The van der Waals surface area contributed by atoms with E-state index < -0.39 is 11.9 Å². The number of hydrogen-bond donors (Lipinski definition) is 2. The standard InChI is InChI=1S/C10H12O7/c11-3-5-15-9(13)7-1-2-8(17-7)10(14)16-6-4-12/h1-2,11-12H,3-6H2. The zero-order valence-corrected chi connectivity index (χ0v) is 8.92. The molecule has 1 aromatic rings. The van der Waals surface area contributed by atoms with Crippen LogP contribution in [0.25, 0.3) is 0 Å². The van der Waals surface area contributed by atoms with Gasteiger partial charge in [-0.25, -0.2) is 9.59 Å². The Kier molecular flexibility index (Phi) is 5.18. The minimum absolute atomic E-state index is 0.149. The number of furan rings is 1. The van der Waals surface area contributed by atoms with Crippen molar-refractivity contribution >= 4 is 11.9 Å². The number of carbonyl (C=O) groups excluding carboxylic acids is 2. The molecule has 2 N–H and O–H groups in total. The Morgan fingerprint density at radius 2 is 1.41 bits per heavy atom. The predicted molar refractivity (Wildman–Crippen MR) is 53.4 cm³/mol. The van der Waals surface area contributed by atoms with Gasteiger partial charge in [-0.1, -0.05) is 0 Å². The fourth-order valence-corrected chi connectivity index (χ4v) is 0.976. The summed E-state index contributed by atoms with van der Waals surface area (Å²) in [7, 11) is 0. The first-order chi connectivity index (χ1) is 8.19. The number of aliphatic hydroxyl groups is 2. The average molecular weight is 244 g/mol. The van der Waals surface area contributed by atoms with E-state index in [9.17, 15) is 9.59 Å². The molecule has 0 radical (unpaired) electrons. The molecule has 0 aliphatic rings. The van der Waals surface area contributed by atoms with Crippen LogP contribution in [0.15, 0.2) is 16.5 Å². The van der Waals surface area contributed by atoms with E-state index in [1.807, 2.05) is 0 Å². The topological polar surface area (TPSA) is 106 Å². The summed E-state index contributed by atoms with van der Waals surface area (Å²) in [4.78, 5) is 22.5. The quantitative estimate of drug-likeness (QED) is 0.654. The number of aliphatic hydroxyl groups excluding tert-OH is 2. The molecule has 0 atom stereocenters. The second-order valence-electron chi connectivity index (χ2n) is 2.88. The van der Waals surface area contributed by atoms with E-state index in [1.165, 1.54) is 12.1 Å². The van der Waals surface area contributed by atoms with Gasteiger partial charge in [0.05, 0.1) is 13.2 Å². The number of rotatable bonds is 6. The van der Waals surface area contributed by atoms with Crippen LogP contribution in [-0.4, -0.2) is 48.6 Å². The van der Waals surface area contributed by atoms with E-state index >= 15 is 0 Å². The minimum Gasteiger partial charge on any atom is -0.457 e. The van der Waals surface area contributed by atoms with Crippen LogP contribution in [0, 0.1) is 0 Å². The molecule has 0 aliphatic heterocycles. The first kappa shape index (κ1) is 13.2. The summed E-state index contributed by atoms with van der Waals surface area (Å²) in [6, 6.07) is 2.52. The van der Waals surface area contributed by atoms with Gasteiger partial charge in [0.2, 0.25) is 11.5 Å². The van der Waals surface area contributed by atoms with Crippen molar-refractivity contribution in [3.05, 3.63) is 23.7 Å². The van der Waals surface area contributed by atoms with Crippen molar-refractivity contribution in [2.24, 2.45) is 0 Å². The maximum absolute atomic E-state index is 11.2.